The van der Waals surface area contributed by atoms with Gasteiger partial charge in [0, 0.05) is 54.7 Å². The summed E-state index contributed by atoms with van der Waals surface area (Å²) in [6.45, 7) is 7.01. The Morgan fingerprint density at radius 3 is 2.50 bits per heavy atom. The van der Waals surface area contributed by atoms with Crippen LogP contribution < -0.4 is 16.0 Å². The van der Waals surface area contributed by atoms with Crippen molar-refractivity contribution in [2.24, 2.45) is 5.92 Å². The minimum Gasteiger partial charge on any atom is -0.354 e. The van der Waals surface area contributed by atoms with Crippen LogP contribution in [0.3, 0.4) is 0 Å². The zero-order chi connectivity index (χ0) is 20.0. The van der Waals surface area contributed by atoms with Gasteiger partial charge in [-0.05, 0) is 46.0 Å². The van der Waals surface area contributed by atoms with Gasteiger partial charge in [-0.1, -0.05) is 19.3 Å². The van der Waals surface area contributed by atoms with E-state index in [0.29, 0.717) is 0 Å². The highest BCUT2D eigenvalue weighted by Crippen LogP contribution is 2.36. The van der Waals surface area contributed by atoms with Crippen molar-refractivity contribution in [3.8, 4) is 0 Å². The highest BCUT2D eigenvalue weighted by atomic mass is 32.2. The van der Waals surface area contributed by atoms with E-state index in [1.165, 1.54) is 37.2 Å². The number of nitrogens with zero attached hydrogens (tertiary/aromatic N) is 1. The molecule has 0 aromatic carbocycles. The predicted molar refractivity (Wildman–Crippen MR) is 116 cm³/mol. The Labute approximate surface area is 174 Å². The number of carbonyl (C=O) groups excluding carboxylic acids is 2. The van der Waals surface area contributed by atoms with Gasteiger partial charge in [0.25, 0.3) is 0 Å². The van der Waals surface area contributed by atoms with Gasteiger partial charge in [0.15, 0.2) is 0 Å². The second kappa shape index (κ2) is 10.2. The molecule has 1 saturated heterocycles. The van der Waals surface area contributed by atoms with Gasteiger partial charge in [-0.3, -0.25) is 9.69 Å². The number of rotatable bonds is 6. The summed E-state index contributed by atoms with van der Waals surface area (Å²) in [4.78, 5) is 27.5. The average molecular weight is 411 g/mol. The molecule has 3 N–H and O–H groups in total. The number of amides is 3. The first-order valence-electron chi connectivity index (χ1n) is 11.2. The fraction of sp³-hybridized carbons (Fsp3) is 0.905. The van der Waals surface area contributed by atoms with Gasteiger partial charge in [0.2, 0.25) is 5.91 Å². The second-order valence-corrected chi connectivity index (χ2v) is 10.3. The van der Waals surface area contributed by atoms with Gasteiger partial charge in [-0.2, -0.15) is 11.8 Å². The lowest BCUT2D eigenvalue weighted by Crippen LogP contribution is -2.58. The van der Waals surface area contributed by atoms with Crippen LogP contribution in [0.4, 0.5) is 4.79 Å². The van der Waals surface area contributed by atoms with Gasteiger partial charge in [-0.25, -0.2) is 4.79 Å². The zero-order valence-corrected chi connectivity index (χ0v) is 18.4. The van der Waals surface area contributed by atoms with Crippen molar-refractivity contribution in [3.05, 3.63) is 0 Å². The molecule has 3 amide bonds. The molecule has 0 bridgehead atoms. The molecule has 2 saturated carbocycles. The third-order valence-electron chi connectivity index (χ3n) is 6.61. The lowest BCUT2D eigenvalue weighted by atomic mass is 9.85. The van der Waals surface area contributed by atoms with Gasteiger partial charge in [0.1, 0.15) is 0 Å². The van der Waals surface area contributed by atoms with Crippen LogP contribution in [0.15, 0.2) is 0 Å². The van der Waals surface area contributed by atoms with Crippen molar-refractivity contribution >= 4 is 23.7 Å². The molecule has 1 heterocycles. The fourth-order valence-corrected chi connectivity index (χ4v) is 6.02. The number of carbonyl (C=O) groups is 2. The normalized spacial score (nSPS) is 28.1. The Hall–Kier alpha value is -0.950. The van der Waals surface area contributed by atoms with Crippen LogP contribution in [-0.2, 0) is 4.79 Å². The van der Waals surface area contributed by atoms with E-state index in [4.69, 9.17) is 0 Å². The first-order valence-corrected chi connectivity index (χ1v) is 12.3. The summed E-state index contributed by atoms with van der Waals surface area (Å²) in [5.74, 6) is 2.56. The van der Waals surface area contributed by atoms with E-state index in [1.54, 1.807) is 0 Å². The van der Waals surface area contributed by atoms with Crippen LogP contribution in [0.25, 0.3) is 0 Å². The molecule has 160 valence electrons. The zero-order valence-electron chi connectivity index (χ0n) is 17.6. The SMILES string of the molecule is CC(C)NC(=O)C1CCCC(NC(=O)NCC2(N3CCSCC3)CCCC2)C1. The van der Waals surface area contributed by atoms with E-state index in [0.717, 1.165) is 45.3 Å². The summed E-state index contributed by atoms with van der Waals surface area (Å²) in [5, 5.41) is 9.35. The molecule has 0 aromatic heterocycles. The van der Waals surface area contributed by atoms with Gasteiger partial charge < -0.3 is 16.0 Å². The summed E-state index contributed by atoms with van der Waals surface area (Å²) < 4.78 is 0. The molecule has 3 aliphatic rings. The molecule has 3 rings (SSSR count). The third-order valence-corrected chi connectivity index (χ3v) is 7.55. The van der Waals surface area contributed by atoms with Crippen LogP contribution in [0, 0.1) is 5.92 Å². The number of hydrogen-bond acceptors (Lipinski definition) is 4. The van der Waals surface area contributed by atoms with Crippen LogP contribution in [-0.4, -0.2) is 65.6 Å². The minimum absolute atomic E-state index is 0.0217. The van der Waals surface area contributed by atoms with Crippen LogP contribution in [0.5, 0.6) is 0 Å². The lowest BCUT2D eigenvalue weighted by Gasteiger charge is -2.43. The van der Waals surface area contributed by atoms with Crippen molar-refractivity contribution in [3.63, 3.8) is 0 Å². The maximum Gasteiger partial charge on any atom is 0.315 e. The Morgan fingerprint density at radius 2 is 1.82 bits per heavy atom. The molecule has 2 atom stereocenters. The standard InChI is InChI=1S/C21H38N4O2S/c1-16(2)23-19(26)17-6-5-7-18(14-17)24-20(27)22-15-21(8-3-4-9-21)25-10-12-28-13-11-25/h16-18H,3-15H2,1-2H3,(H,23,26)(H2,22,24,27). The van der Waals surface area contributed by atoms with Crippen molar-refractivity contribution < 1.29 is 9.59 Å². The average Bonchev–Trinajstić information content (AvgIpc) is 3.17. The largest absolute Gasteiger partial charge is 0.354 e. The highest BCUT2D eigenvalue weighted by molar-refractivity contribution is 7.99. The molecule has 2 aliphatic carbocycles. The first kappa shape index (κ1) is 21.8. The van der Waals surface area contributed by atoms with Crippen molar-refractivity contribution in [1.82, 2.24) is 20.9 Å². The van der Waals surface area contributed by atoms with E-state index in [1.807, 2.05) is 25.6 Å². The summed E-state index contributed by atoms with van der Waals surface area (Å²) in [6, 6.07) is 0.204. The number of urea groups is 1. The summed E-state index contributed by atoms with van der Waals surface area (Å²) in [5.41, 5.74) is 0.157. The van der Waals surface area contributed by atoms with Crippen molar-refractivity contribution in [2.75, 3.05) is 31.1 Å². The smallest absolute Gasteiger partial charge is 0.315 e. The van der Waals surface area contributed by atoms with E-state index < -0.39 is 0 Å². The molecule has 2 unspecified atom stereocenters. The lowest BCUT2D eigenvalue weighted by molar-refractivity contribution is -0.126. The molecule has 0 aromatic rings. The first-order chi connectivity index (χ1) is 13.5. The summed E-state index contributed by atoms with van der Waals surface area (Å²) >= 11 is 2.04. The van der Waals surface area contributed by atoms with Crippen molar-refractivity contribution in [2.45, 2.75) is 82.8 Å². The predicted octanol–water partition coefficient (Wildman–Crippen LogP) is 2.73. The molecular formula is C21H38N4O2S. The number of nitrogens with one attached hydrogen (secondary N) is 3. The Balaban J connectivity index is 1.47. The fourth-order valence-electron chi connectivity index (χ4n) is 5.12. The molecule has 28 heavy (non-hydrogen) atoms. The van der Waals surface area contributed by atoms with Crippen LogP contribution >= 0.6 is 11.8 Å². The van der Waals surface area contributed by atoms with Gasteiger partial charge >= 0.3 is 6.03 Å². The van der Waals surface area contributed by atoms with Crippen LogP contribution in [0.2, 0.25) is 0 Å². The topological polar surface area (TPSA) is 73.5 Å². The van der Waals surface area contributed by atoms with E-state index >= 15 is 0 Å². The maximum atomic E-state index is 12.6. The van der Waals surface area contributed by atoms with E-state index in [2.05, 4.69) is 20.9 Å². The van der Waals surface area contributed by atoms with E-state index in [-0.39, 0.29) is 35.5 Å². The monoisotopic (exact) mass is 410 g/mol. The molecule has 7 heteroatoms. The molecule has 6 nitrogen and oxygen atoms in total. The molecular weight excluding hydrogens is 372 g/mol. The third kappa shape index (κ3) is 5.78. The molecule has 3 fully saturated rings. The quantitative estimate of drug-likeness (QED) is 0.629. The number of hydrogen-bond donors (Lipinski definition) is 3. The maximum absolute atomic E-state index is 12.6. The minimum atomic E-state index is -0.0624. The Morgan fingerprint density at radius 1 is 1.11 bits per heavy atom. The molecule has 0 spiro atoms. The summed E-state index contributed by atoms with van der Waals surface area (Å²) in [6.07, 6.45) is 8.56. The van der Waals surface area contributed by atoms with Gasteiger partial charge in [0.05, 0.1) is 0 Å². The van der Waals surface area contributed by atoms with Crippen molar-refractivity contribution in [1.29, 1.82) is 0 Å². The van der Waals surface area contributed by atoms with Crippen LogP contribution in [0.1, 0.15) is 65.2 Å². The molecule has 1 aliphatic heterocycles. The molecule has 0 radical (unpaired) electrons. The Bertz CT molecular complexity index is 530. The van der Waals surface area contributed by atoms with Gasteiger partial charge in [-0.15, -0.1) is 0 Å². The summed E-state index contributed by atoms with van der Waals surface area (Å²) in [7, 11) is 0. The number of thioether (sulfide) groups is 1. The Kier molecular flexibility index (Phi) is 7.92. The van der Waals surface area contributed by atoms with E-state index in [9.17, 15) is 9.59 Å². The highest BCUT2D eigenvalue weighted by Gasteiger charge is 2.40. The second-order valence-electron chi connectivity index (χ2n) is 9.08.